The van der Waals surface area contributed by atoms with Crippen LogP contribution in [0.5, 0.6) is 0 Å². The van der Waals surface area contributed by atoms with E-state index in [4.69, 9.17) is 0 Å². The Labute approximate surface area is 62.1 Å². The van der Waals surface area contributed by atoms with E-state index in [1.54, 1.807) is 5.57 Å². The minimum atomic E-state index is 0.917. The van der Waals surface area contributed by atoms with Gasteiger partial charge in [-0.15, -0.1) is 0 Å². The van der Waals surface area contributed by atoms with Crippen LogP contribution in [0.2, 0.25) is 0 Å². The Hall–Kier alpha value is -0.170. The zero-order chi connectivity index (χ0) is 6.69. The average molecular weight is 140 g/mol. The van der Waals surface area contributed by atoms with Gasteiger partial charge in [0, 0.05) is 5.75 Å². The Morgan fingerprint density at radius 2 is 2.11 bits per heavy atom. The van der Waals surface area contributed by atoms with Crippen molar-refractivity contribution in [1.82, 2.24) is 0 Å². The molecule has 0 N–H and O–H groups in total. The van der Waals surface area contributed by atoms with Gasteiger partial charge in [-0.05, 0) is 12.8 Å². The maximum absolute atomic E-state index is 4.19. The largest absolute Gasteiger partial charge is 0.175 e. The second-order valence-electron chi connectivity index (χ2n) is 2.34. The predicted octanol–water partition coefficient (Wildman–Crippen LogP) is 2.58. The van der Waals surface area contributed by atoms with Crippen molar-refractivity contribution in [2.75, 3.05) is 5.75 Å². The monoisotopic (exact) mass is 140 g/mol. The van der Waals surface area contributed by atoms with E-state index in [0.29, 0.717) is 0 Å². The summed E-state index contributed by atoms with van der Waals surface area (Å²) < 4.78 is 0. The van der Waals surface area contributed by atoms with Crippen LogP contribution >= 0.6 is 12.6 Å². The van der Waals surface area contributed by atoms with Gasteiger partial charge in [0.1, 0.15) is 0 Å². The van der Waals surface area contributed by atoms with Crippen LogP contribution in [0.4, 0.5) is 0 Å². The standard InChI is InChI=1S/C8H12S/c1-2-7-3-4-8(5-7)6-9/h3-4,9H,2,5-6H2,1H3. The molecule has 0 saturated carbocycles. The zero-order valence-electron chi connectivity index (χ0n) is 5.72. The van der Waals surface area contributed by atoms with Gasteiger partial charge in [0.15, 0.2) is 0 Å². The quantitative estimate of drug-likeness (QED) is 0.560. The molecule has 0 nitrogen and oxygen atoms in total. The molecule has 50 valence electrons. The van der Waals surface area contributed by atoms with E-state index < -0.39 is 0 Å². The van der Waals surface area contributed by atoms with Crippen molar-refractivity contribution in [3.63, 3.8) is 0 Å². The minimum Gasteiger partial charge on any atom is -0.175 e. The van der Waals surface area contributed by atoms with Gasteiger partial charge >= 0.3 is 0 Å². The number of hydrogen-bond acceptors (Lipinski definition) is 1. The molecule has 1 aliphatic rings. The summed E-state index contributed by atoms with van der Waals surface area (Å²) in [6.07, 6.45) is 6.76. The molecular formula is C8H12S. The van der Waals surface area contributed by atoms with Gasteiger partial charge in [0.2, 0.25) is 0 Å². The second kappa shape index (κ2) is 3.11. The Morgan fingerprint density at radius 3 is 2.44 bits per heavy atom. The number of thiol groups is 1. The highest BCUT2D eigenvalue weighted by atomic mass is 32.1. The summed E-state index contributed by atoms with van der Waals surface area (Å²) in [5, 5.41) is 0. The molecule has 0 unspecified atom stereocenters. The van der Waals surface area contributed by atoms with Gasteiger partial charge in [-0.25, -0.2) is 0 Å². The van der Waals surface area contributed by atoms with E-state index in [0.717, 1.165) is 5.75 Å². The van der Waals surface area contributed by atoms with Crippen LogP contribution in [0.25, 0.3) is 0 Å². The molecule has 1 heteroatoms. The van der Waals surface area contributed by atoms with Crippen molar-refractivity contribution >= 4 is 12.6 Å². The molecule has 9 heavy (non-hydrogen) atoms. The highest BCUT2D eigenvalue weighted by Crippen LogP contribution is 2.21. The Morgan fingerprint density at radius 1 is 1.44 bits per heavy atom. The van der Waals surface area contributed by atoms with E-state index in [9.17, 15) is 0 Å². The molecule has 0 fully saturated rings. The van der Waals surface area contributed by atoms with Crippen LogP contribution < -0.4 is 0 Å². The molecule has 0 saturated heterocycles. The van der Waals surface area contributed by atoms with E-state index in [2.05, 4.69) is 31.7 Å². The Balaban J connectivity index is 2.43. The van der Waals surface area contributed by atoms with Crippen molar-refractivity contribution < 1.29 is 0 Å². The number of allylic oxidation sites excluding steroid dienone is 3. The molecule has 0 heterocycles. The summed E-state index contributed by atoms with van der Waals surface area (Å²) in [6, 6.07) is 0. The first-order valence-corrected chi connectivity index (χ1v) is 3.98. The maximum atomic E-state index is 4.19. The third-order valence-corrected chi connectivity index (χ3v) is 2.07. The SMILES string of the molecule is CCC1=CC=C(CS)C1. The molecule has 0 bridgehead atoms. The van der Waals surface area contributed by atoms with E-state index in [-0.39, 0.29) is 0 Å². The molecule has 0 atom stereocenters. The van der Waals surface area contributed by atoms with Crippen molar-refractivity contribution in [2.45, 2.75) is 19.8 Å². The molecule has 0 aromatic rings. The lowest BCUT2D eigenvalue weighted by molar-refractivity contribution is 1.02. The average Bonchev–Trinajstić information content (AvgIpc) is 2.34. The molecule has 0 radical (unpaired) electrons. The highest BCUT2D eigenvalue weighted by Gasteiger charge is 2.03. The minimum absolute atomic E-state index is 0.917. The Bertz CT molecular complexity index is 136. The Kier molecular flexibility index (Phi) is 2.40. The van der Waals surface area contributed by atoms with Crippen LogP contribution in [-0.4, -0.2) is 5.75 Å². The van der Waals surface area contributed by atoms with Crippen molar-refractivity contribution in [1.29, 1.82) is 0 Å². The molecule has 0 spiro atoms. The van der Waals surface area contributed by atoms with E-state index >= 15 is 0 Å². The van der Waals surface area contributed by atoms with Crippen LogP contribution in [0, 0.1) is 0 Å². The molecule has 0 amide bonds. The molecular weight excluding hydrogens is 128 g/mol. The maximum Gasteiger partial charge on any atom is 0.0119 e. The smallest absolute Gasteiger partial charge is 0.0119 e. The number of hydrogen-bond donors (Lipinski definition) is 1. The summed E-state index contributed by atoms with van der Waals surface area (Å²) in [5.41, 5.74) is 2.99. The zero-order valence-corrected chi connectivity index (χ0v) is 6.62. The third kappa shape index (κ3) is 1.62. The summed E-state index contributed by atoms with van der Waals surface area (Å²) in [5.74, 6) is 0.917. The van der Waals surface area contributed by atoms with Crippen LogP contribution in [-0.2, 0) is 0 Å². The van der Waals surface area contributed by atoms with Crippen LogP contribution in [0.3, 0.4) is 0 Å². The molecule has 0 aromatic heterocycles. The molecule has 1 rings (SSSR count). The first-order valence-electron chi connectivity index (χ1n) is 3.35. The fourth-order valence-corrected chi connectivity index (χ4v) is 1.21. The van der Waals surface area contributed by atoms with Gasteiger partial charge in [-0.1, -0.05) is 30.2 Å². The summed E-state index contributed by atoms with van der Waals surface area (Å²) in [6.45, 7) is 2.20. The lowest BCUT2D eigenvalue weighted by Crippen LogP contribution is -1.81. The normalized spacial score (nSPS) is 17.6. The predicted molar refractivity (Wildman–Crippen MR) is 44.9 cm³/mol. The van der Waals surface area contributed by atoms with E-state index in [1.165, 1.54) is 18.4 Å². The molecule has 0 aromatic carbocycles. The topological polar surface area (TPSA) is 0 Å². The third-order valence-electron chi connectivity index (χ3n) is 1.67. The summed E-state index contributed by atoms with van der Waals surface area (Å²) >= 11 is 4.19. The first kappa shape index (κ1) is 6.94. The van der Waals surface area contributed by atoms with Crippen LogP contribution in [0.15, 0.2) is 23.3 Å². The van der Waals surface area contributed by atoms with Gasteiger partial charge in [-0.2, -0.15) is 12.6 Å². The van der Waals surface area contributed by atoms with Gasteiger partial charge < -0.3 is 0 Å². The van der Waals surface area contributed by atoms with Gasteiger partial charge in [-0.3, -0.25) is 0 Å². The van der Waals surface area contributed by atoms with Crippen molar-refractivity contribution in [3.8, 4) is 0 Å². The van der Waals surface area contributed by atoms with Gasteiger partial charge in [0.05, 0.1) is 0 Å². The lowest BCUT2D eigenvalue weighted by atomic mass is 10.1. The highest BCUT2D eigenvalue weighted by molar-refractivity contribution is 7.80. The molecule has 1 aliphatic carbocycles. The fourth-order valence-electron chi connectivity index (χ4n) is 0.997. The van der Waals surface area contributed by atoms with Crippen molar-refractivity contribution in [2.24, 2.45) is 0 Å². The molecule has 0 aliphatic heterocycles. The van der Waals surface area contributed by atoms with Crippen molar-refractivity contribution in [3.05, 3.63) is 23.3 Å². The summed E-state index contributed by atoms with van der Waals surface area (Å²) in [7, 11) is 0. The lowest BCUT2D eigenvalue weighted by Gasteiger charge is -1.96. The van der Waals surface area contributed by atoms with Crippen LogP contribution in [0.1, 0.15) is 19.8 Å². The second-order valence-corrected chi connectivity index (χ2v) is 2.65. The summed E-state index contributed by atoms with van der Waals surface area (Å²) in [4.78, 5) is 0. The first-order chi connectivity index (χ1) is 4.36. The van der Waals surface area contributed by atoms with E-state index in [1.807, 2.05) is 0 Å². The van der Waals surface area contributed by atoms with Gasteiger partial charge in [0.25, 0.3) is 0 Å². The fraction of sp³-hybridized carbons (Fsp3) is 0.500. The number of rotatable bonds is 2.